The van der Waals surface area contributed by atoms with E-state index in [2.05, 4.69) is 10.0 Å². The molecule has 0 bridgehead atoms. The van der Waals surface area contributed by atoms with Crippen LogP contribution in [0, 0.1) is 6.92 Å². The van der Waals surface area contributed by atoms with Gasteiger partial charge in [0.1, 0.15) is 6.61 Å². The van der Waals surface area contributed by atoms with Gasteiger partial charge >= 0.3 is 5.97 Å². The molecule has 0 saturated carbocycles. The van der Waals surface area contributed by atoms with Gasteiger partial charge in [0.15, 0.2) is 6.61 Å². The Hall–Kier alpha value is -1.97. The quantitative estimate of drug-likeness (QED) is 0.661. The highest BCUT2D eigenvalue weighted by Crippen LogP contribution is 2.19. The van der Waals surface area contributed by atoms with Crippen molar-refractivity contribution in [2.75, 3.05) is 32.2 Å². The molecule has 0 atom stereocenters. The number of ether oxygens (including phenoxy) is 2. The van der Waals surface area contributed by atoms with Crippen molar-refractivity contribution in [1.82, 2.24) is 4.72 Å². The first kappa shape index (κ1) is 19.1. The average molecular weight is 344 g/mol. The molecule has 0 aliphatic rings. The number of hydrogen-bond donors (Lipinski definition) is 2. The lowest BCUT2D eigenvalue weighted by Gasteiger charge is -2.10. The summed E-state index contributed by atoms with van der Waals surface area (Å²) in [5, 5.41) is 2.47. The molecule has 8 nitrogen and oxygen atoms in total. The molecule has 0 unspecified atom stereocenters. The highest BCUT2D eigenvalue weighted by molar-refractivity contribution is 7.89. The smallest absolute Gasteiger partial charge is 0.332 e. The lowest BCUT2D eigenvalue weighted by molar-refractivity contribution is -0.151. The number of carbonyl (C=O) groups excluding carboxylic acids is 2. The Kier molecular flexibility index (Phi) is 7.14. The second kappa shape index (κ2) is 8.61. The van der Waals surface area contributed by atoms with Gasteiger partial charge < -0.3 is 14.8 Å². The Morgan fingerprint density at radius 3 is 2.52 bits per heavy atom. The third-order valence-corrected chi connectivity index (χ3v) is 4.37. The number of benzene rings is 1. The van der Waals surface area contributed by atoms with E-state index in [0.717, 1.165) is 0 Å². The first-order chi connectivity index (χ1) is 10.8. The fourth-order valence-electron chi connectivity index (χ4n) is 1.65. The van der Waals surface area contributed by atoms with E-state index in [9.17, 15) is 18.0 Å². The number of anilines is 1. The molecule has 2 N–H and O–H groups in total. The second-order valence-corrected chi connectivity index (χ2v) is 6.39. The third kappa shape index (κ3) is 5.97. The predicted octanol–water partition coefficient (Wildman–Crippen LogP) is 0.421. The number of aryl methyl sites for hydroxylation is 1. The molecule has 1 aromatic carbocycles. The first-order valence-electron chi connectivity index (χ1n) is 6.87. The highest BCUT2D eigenvalue weighted by atomic mass is 32.2. The monoisotopic (exact) mass is 344 g/mol. The van der Waals surface area contributed by atoms with Gasteiger partial charge in [0.2, 0.25) is 10.0 Å². The van der Waals surface area contributed by atoms with Crippen LogP contribution in [0.5, 0.6) is 0 Å². The van der Waals surface area contributed by atoms with Crippen LogP contribution < -0.4 is 10.0 Å². The van der Waals surface area contributed by atoms with Crippen LogP contribution in [0.15, 0.2) is 23.1 Å². The zero-order valence-electron chi connectivity index (χ0n) is 13.2. The van der Waals surface area contributed by atoms with Crippen LogP contribution in [0.4, 0.5) is 5.69 Å². The van der Waals surface area contributed by atoms with Gasteiger partial charge in [0.25, 0.3) is 5.91 Å². The third-order valence-electron chi connectivity index (χ3n) is 2.82. The highest BCUT2D eigenvalue weighted by Gasteiger charge is 2.16. The van der Waals surface area contributed by atoms with Gasteiger partial charge in [-0.25, -0.2) is 17.9 Å². The molecule has 1 rings (SSSR count). The lowest BCUT2D eigenvalue weighted by atomic mass is 10.2. The Balaban J connectivity index is 2.69. The molecule has 0 saturated heterocycles. The number of carbonyl (C=O) groups is 2. The largest absolute Gasteiger partial charge is 0.454 e. The minimum absolute atomic E-state index is 0.0612. The average Bonchev–Trinajstić information content (AvgIpc) is 2.52. The summed E-state index contributed by atoms with van der Waals surface area (Å²) in [6, 6.07) is 4.46. The number of amides is 1. The zero-order valence-corrected chi connectivity index (χ0v) is 14.0. The molecule has 0 radical (unpaired) electrons. The van der Waals surface area contributed by atoms with Gasteiger partial charge in [-0.15, -0.1) is 0 Å². The fourth-order valence-corrected chi connectivity index (χ4v) is 2.64. The summed E-state index contributed by atoms with van der Waals surface area (Å²) >= 11 is 0. The Labute approximate surface area is 135 Å². The minimum Gasteiger partial charge on any atom is -0.454 e. The fraction of sp³-hybridized carbons (Fsp3) is 0.429. The molecule has 1 aromatic rings. The molecule has 128 valence electrons. The van der Waals surface area contributed by atoms with Gasteiger partial charge in [-0.1, -0.05) is 6.07 Å². The molecule has 23 heavy (non-hydrogen) atoms. The summed E-state index contributed by atoms with van der Waals surface area (Å²) in [5.74, 6) is -1.23. The van der Waals surface area contributed by atoms with Crippen molar-refractivity contribution < 1.29 is 27.5 Å². The van der Waals surface area contributed by atoms with Crippen LogP contribution in [0.2, 0.25) is 0 Å². The summed E-state index contributed by atoms with van der Waals surface area (Å²) in [4.78, 5) is 23.0. The van der Waals surface area contributed by atoms with Crippen LogP contribution >= 0.6 is 0 Å². The molecule has 0 spiro atoms. The van der Waals surface area contributed by atoms with Crippen LogP contribution in [0.1, 0.15) is 12.5 Å². The molecular formula is C14H20N2O6S. The normalized spacial score (nSPS) is 11.1. The first-order valence-corrected chi connectivity index (χ1v) is 8.36. The molecule has 0 heterocycles. The lowest BCUT2D eigenvalue weighted by Crippen LogP contribution is -2.23. The topological polar surface area (TPSA) is 111 Å². The minimum atomic E-state index is -3.63. The Morgan fingerprint density at radius 2 is 1.91 bits per heavy atom. The van der Waals surface area contributed by atoms with Crippen molar-refractivity contribution >= 4 is 27.6 Å². The van der Waals surface area contributed by atoms with Crippen molar-refractivity contribution in [2.45, 2.75) is 18.7 Å². The van der Waals surface area contributed by atoms with E-state index in [1.807, 2.05) is 0 Å². The van der Waals surface area contributed by atoms with Crippen LogP contribution in [-0.2, 0) is 29.1 Å². The number of sulfonamides is 1. The summed E-state index contributed by atoms with van der Waals surface area (Å²) in [6.45, 7) is 3.04. The van der Waals surface area contributed by atoms with E-state index >= 15 is 0 Å². The molecule has 1 amide bonds. The maximum absolute atomic E-state index is 11.9. The maximum atomic E-state index is 11.9. The van der Waals surface area contributed by atoms with Crippen LogP contribution in [0.25, 0.3) is 0 Å². The zero-order chi connectivity index (χ0) is 17.5. The van der Waals surface area contributed by atoms with E-state index in [1.165, 1.54) is 13.1 Å². The van der Waals surface area contributed by atoms with E-state index in [0.29, 0.717) is 12.2 Å². The van der Waals surface area contributed by atoms with Gasteiger partial charge in [-0.05, 0) is 38.6 Å². The number of nitrogens with one attached hydrogen (secondary N) is 2. The van der Waals surface area contributed by atoms with E-state index in [-0.39, 0.29) is 17.2 Å². The van der Waals surface area contributed by atoms with E-state index < -0.39 is 28.5 Å². The van der Waals surface area contributed by atoms with Crippen molar-refractivity contribution in [3.8, 4) is 0 Å². The molecular weight excluding hydrogens is 324 g/mol. The van der Waals surface area contributed by atoms with Gasteiger partial charge in [-0.3, -0.25) is 4.79 Å². The molecule has 0 fully saturated rings. The van der Waals surface area contributed by atoms with Crippen molar-refractivity contribution in [3.63, 3.8) is 0 Å². The van der Waals surface area contributed by atoms with Gasteiger partial charge in [-0.2, -0.15) is 0 Å². The standard InChI is InChI=1S/C14H20N2O6S/c1-4-21-9-14(18)22-8-13(17)16-11-6-5-10(2)12(7-11)23(19,20)15-3/h5-7,15H,4,8-9H2,1-3H3,(H,16,17). The van der Waals surface area contributed by atoms with Crippen molar-refractivity contribution in [1.29, 1.82) is 0 Å². The summed E-state index contributed by atoms with van der Waals surface area (Å²) in [7, 11) is -2.32. The van der Waals surface area contributed by atoms with Gasteiger partial charge in [0.05, 0.1) is 4.90 Å². The van der Waals surface area contributed by atoms with Crippen molar-refractivity contribution in [2.24, 2.45) is 0 Å². The SMILES string of the molecule is CCOCC(=O)OCC(=O)Nc1ccc(C)c(S(=O)(=O)NC)c1. The summed E-state index contributed by atoms with van der Waals surface area (Å²) < 4.78 is 35.5. The van der Waals surface area contributed by atoms with Crippen LogP contribution in [0.3, 0.4) is 0 Å². The maximum Gasteiger partial charge on any atom is 0.332 e. The number of rotatable bonds is 8. The molecule has 0 aromatic heterocycles. The summed E-state index contributed by atoms with van der Waals surface area (Å²) in [5.41, 5.74) is 0.829. The summed E-state index contributed by atoms with van der Waals surface area (Å²) in [6.07, 6.45) is 0. The van der Waals surface area contributed by atoms with Crippen LogP contribution in [-0.4, -0.2) is 47.2 Å². The Bertz CT molecular complexity index is 672. The van der Waals surface area contributed by atoms with E-state index in [4.69, 9.17) is 9.47 Å². The van der Waals surface area contributed by atoms with Crippen molar-refractivity contribution in [3.05, 3.63) is 23.8 Å². The number of esters is 1. The predicted molar refractivity (Wildman–Crippen MR) is 83.5 cm³/mol. The van der Waals surface area contributed by atoms with E-state index in [1.54, 1.807) is 26.0 Å². The van der Waals surface area contributed by atoms with Gasteiger partial charge in [0, 0.05) is 12.3 Å². The second-order valence-electron chi connectivity index (χ2n) is 4.53. The molecule has 9 heteroatoms. The molecule has 0 aliphatic carbocycles. The number of hydrogen-bond acceptors (Lipinski definition) is 6. The molecule has 0 aliphatic heterocycles. The Morgan fingerprint density at radius 1 is 1.22 bits per heavy atom.